The molecule has 0 heterocycles. The predicted molar refractivity (Wildman–Crippen MR) is 50.2 cm³/mol. The number of unbranched alkanes of at least 4 members (excludes halogenated alkanes) is 5. The molecule has 2 nitrogen and oxygen atoms in total. The number of aliphatic carboxylic acids is 1. The molecule has 0 aromatic carbocycles. The Morgan fingerprint density at radius 2 is 1.58 bits per heavy atom. The molecule has 0 rings (SSSR count). The van der Waals surface area contributed by atoms with Gasteiger partial charge in [0.1, 0.15) is 0 Å². The van der Waals surface area contributed by atoms with Gasteiger partial charge >= 0.3 is 0 Å². The molecule has 0 saturated heterocycles. The van der Waals surface area contributed by atoms with Crippen LogP contribution < -0.4 is 5.11 Å². The van der Waals surface area contributed by atoms with Gasteiger partial charge in [0, 0.05) is 5.97 Å². The second-order valence-electron chi connectivity index (χ2n) is 2.89. The first-order chi connectivity index (χ1) is 5.27. The minimum absolute atomic E-state index is 0. The van der Waals surface area contributed by atoms with Crippen LogP contribution in [-0.4, -0.2) is 5.97 Å². The fourth-order valence-electron chi connectivity index (χ4n) is 1.05. The van der Waals surface area contributed by atoms with Gasteiger partial charge in [0.2, 0.25) is 0 Å². The molecule has 0 atom stereocenters. The fourth-order valence-corrected chi connectivity index (χ4v) is 1.05. The van der Waals surface area contributed by atoms with Gasteiger partial charge < -0.3 is 9.90 Å². The van der Waals surface area contributed by atoms with E-state index in [2.05, 4.69) is 6.92 Å². The normalized spacial score (nSPS) is 9.08. The Balaban J connectivity index is 0. The van der Waals surface area contributed by atoms with Crippen LogP contribution >= 0.6 is 12.4 Å². The highest BCUT2D eigenvalue weighted by atomic mass is 35.5. The molecule has 0 amide bonds. The first-order valence-corrected chi connectivity index (χ1v) is 4.47. The molecule has 0 aromatic rings. The topological polar surface area (TPSA) is 40.1 Å². The first kappa shape index (κ1) is 14.3. The summed E-state index contributed by atoms with van der Waals surface area (Å²) in [6.07, 6.45) is 6.96. The van der Waals surface area contributed by atoms with Crippen molar-refractivity contribution in [1.82, 2.24) is 0 Å². The maximum Gasteiger partial charge on any atom is 0.0414 e. The molecular formula is C9H18ClO2-. The summed E-state index contributed by atoms with van der Waals surface area (Å²) in [4.78, 5) is 9.98. The fraction of sp³-hybridized carbons (Fsp3) is 0.889. The molecule has 0 radical (unpaired) electrons. The Bertz CT molecular complexity index is 105. The highest BCUT2D eigenvalue weighted by Crippen LogP contribution is 2.05. The van der Waals surface area contributed by atoms with Gasteiger partial charge in [-0.05, 0) is 12.8 Å². The van der Waals surface area contributed by atoms with Gasteiger partial charge in [-0.1, -0.05) is 39.0 Å². The van der Waals surface area contributed by atoms with Crippen molar-refractivity contribution in [3.8, 4) is 0 Å². The van der Waals surface area contributed by atoms with Crippen LogP contribution in [0.15, 0.2) is 0 Å². The summed E-state index contributed by atoms with van der Waals surface area (Å²) in [5.74, 6) is -0.916. The van der Waals surface area contributed by atoms with E-state index in [1.165, 1.54) is 25.7 Å². The summed E-state index contributed by atoms with van der Waals surface area (Å²) >= 11 is 0. The van der Waals surface area contributed by atoms with E-state index in [9.17, 15) is 9.90 Å². The highest BCUT2D eigenvalue weighted by molar-refractivity contribution is 5.85. The van der Waals surface area contributed by atoms with E-state index in [1.54, 1.807) is 0 Å². The Morgan fingerprint density at radius 1 is 1.08 bits per heavy atom. The van der Waals surface area contributed by atoms with Crippen LogP contribution in [0, 0.1) is 0 Å². The maximum atomic E-state index is 9.98. The minimum atomic E-state index is -0.916. The van der Waals surface area contributed by atoms with Gasteiger partial charge in [0.15, 0.2) is 0 Å². The number of carboxylic acid groups (broad SMARTS) is 1. The average Bonchev–Trinajstić information content (AvgIpc) is 1.96. The Kier molecular flexibility index (Phi) is 12.8. The van der Waals surface area contributed by atoms with Crippen LogP contribution in [0.2, 0.25) is 0 Å². The Labute approximate surface area is 80.8 Å². The SMILES string of the molecule is CCCCCCCCC(=O)[O-].Cl. The van der Waals surface area contributed by atoms with Crippen molar-refractivity contribution in [2.45, 2.75) is 51.9 Å². The largest absolute Gasteiger partial charge is 0.550 e. The van der Waals surface area contributed by atoms with Crippen LogP contribution in [0.1, 0.15) is 51.9 Å². The van der Waals surface area contributed by atoms with Gasteiger partial charge in [0.05, 0.1) is 0 Å². The van der Waals surface area contributed by atoms with Gasteiger partial charge in [-0.15, -0.1) is 12.4 Å². The molecule has 12 heavy (non-hydrogen) atoms. The molecule has 0 aliphatic heterocycles. The highest BCUT2D eigenvalue weighted by Gasteiger charge is 1.89. The number of hydrogen-bond donors (Lipinski definition) is 0. The van der Waals surface area contributed by atoms with Gasteiger partial charge in [-0.2, -0.15) is 0 Å². The van der Waals surface area contributed by atoms with E-state index < -0.39 is 5.97 Å². The zero-order chi connectivity index (χ0) is 8.53. The molecule has 0 saturated carbocycles. The van der Waals surface area contributed by atoms with E-state index in [4.69, 9.17) is 0 Å². The second kappa shape index (κ2) is 10.8. The quantitative estimate of drug-likeness (QED) is 0.580. The van der Waals surface area contributed by atoms with Gasteiger partial charge in [-0.25, -0.2) is 0 Å². The summed E-state index contributed by atoms with van der Waals surface area (Å²) in [5, 5.41) is 9.98. The summed E-state index contributed by atoms with van der Waals surface area (Å²) < 4.78 is 0. The van der Waals surface area contributed by atoms with Crippen molar-refractivity contribution in [1.29, 1.82) is 0 Å². The molecule has 3 heteroatoms. The minimum Gasteiger partial charge on any atom is -0.550 e. The third-order valence-corrected chi connectivity index (χ3v) is 1.73. The number of carbonyl (C=O) groups is 1. The summed E-state index contributed by atoms with van der Waals surface area (Å²) in [6, 6.07) is 0. The molecule has 0 fully saturated rings. The maximum absolute atomic E-state index is 9.98. The van der Waals surface area contributed by atoms with E-state index in [0.717, 1.165) is 12.8 Å². The number of carboxylic acids is 1. The molecule has 0 bridgehead atoms. The lowest BCUT2D eigenvalue weighted by atomic mass is 10.1. The molecule has 74 valence electrons. The van der Waals surface area contributed by atoms with E-state index >= 15 is 0 Å². The van der Waals surface area contributed by atoms with Gasteiger partial charge in [-0.3, -0.25) is 0 Å². The number of halogens is 1. The van der Waals surface area contributed by atoms with Crippen molar-refractivity contribution in [3.05, 3.63) is 0 Å². The second-order valence-corrected chi connectivity index (χ2v) is 2.89. The van der Waals surface area contributed by atoms with Crippen molar-refractivity contribution >= 4 is 18.4 Å². The zero-order valence-corrected chi connectivity index (χ0v) is 8.49. The Hall–Kier alpha value is -0.240. The number of hydrogen-bond acceptors (Lipinski definition) is 2. The smallest absolute Gasteiger partial charge is 0.0414 e. The van der Waals surface area contributed by atoms with Crippen LogP contribution in [-0.2, 0) is 4.79 Å². The molecule has 0 aliphatic carbocycles. The third-order valence-electron chi connectivity index (χ3n) is 1.73. The van der Waals surface area contributed by atoms with E-state index in [0.29, 0.717) is 0 Å². The van der Waals surface area contributed by atoms with E-state index in [1.807, 2.05) is 0 Å². The molecular weight excluding hydrogens is 176 g/mol. The zero-order valence-electron chi connectivity index (χ0n) is 7.67. The summed E-state index contributed by atoms with van der Waals surface area (Å²) in [7, 11) is 0. The Morgan fingerprint density at radius 3 is 2.08 bits per heavy atom. The van der Waals surface area contributed by atoms with Crippen molar-refractivity contribution in [3.63, 3.8) is 0 Å². The van der Waals surface area contributed by atoms with Crippen LogP contribution in [0.3, 0.4) is 0 Å². The average molecular weight is 194 g/mol. The first-order valence-electron chi connectivity index (χ1n) is 4.47. The van der Waals surface area contributed by atoms with Crippen LogP contribution in [0.5, 0.6) is 0 Å². The molecule has 0 aromatic heterocycles. The summed E-state index contributed by atoms with van der Waals surface area (Å²) in [5.41, 5.74) is 0. The summed E-state index contributed by atoms with van der Waals surface area (Å²) in [6.45, 7) is 2.17. The lowest BCUT2D eigenvalue weighted by Crippen LogP contribution is -2.21. The van der Waals surface area contributed by atoms with Crippen LogP contribution in [0.4, 0.5) is 0 Å². The molecule has 0 N–H and O–H groups in total. The lowest BCUT2D eigenvalue weighted by Gasteiger charge is -2.00. The standard InChI is InChI=1S/C9H18O2.ClH/c1-2-3-4-5-6-7-8-9(10)11;/h2-8H2,1H3,(H,10,11);1H/p-1. The van der Waals surface area contributed by atoms with Crippen molar-refractivity contribution in [2.75, 3.05) is 0 Å². The van der Waals surface area contributed by atoms with Crippen molar-refractivity contribution < 1.29 is 9.90 Å². The molecule has 0 aliphatic rings. The lowest BCUT2D eigenvalue weighted by molar-refractivity contribution is -0.305. The van der Waals surface area contributed by atoms with Crippen molar-refractivity contribution in [2.24, 2.45) is 0 Å². The number of rotatable bonds is 7. The van der Waals surface area contributed by atoms with Gasteiger partial charge in [0.25, 0.3) is 0 Å². The van der Waals surface area contributed by atoms with Crippen LogP contribution in [0.25, 0.3) is 0 Å². The van der Waals surface area contributed by atoms with E-state index in [-0.39, 0.29) is 18.8 Å². The molecule has 0 unspecified atom stereocenters. The third kappa shape index (κ3) is 12.4. The predicted octanol–water partition coefficient (Wildman–Crippen LogP) is 1.91. The molecule has 0 spiro atoms. The number of carbonyl (C=O) groups excluding carboxylic acids is 1. The monoisotopic (exact) mass is 193 g/mol.